The molecule has 0 fully saturated rings. The maximum absolute atomic E-state index is 12.9. The lowest BCUT2D eigenvalue weighted by atomic mass is 10.2. The van der Waals surface area contributed by atoms with E-state index >= 15 is 0 Å². The van der Waals surface area contributed by atoms with E-state index in [4.69, 9.17) is 9.15 Å². The van der Waals surface area contributed by atoms with Crippen molar-refractivity contribution in [2.24, 2.45) is 0 Å². The zero-order valence-corrected chi connectivity index (χ0v) is 14.7. The van der Waals surface area contributed by atoms with E-state index in [1.807, 2.05) is 11.9 Å². The summed E-state index contributed by atoms with van der Waals surface area (Å²) in [6.45, 7) is 2.44. The molecular formula is C17H22F3N3O3. The van der Waals surface area contributed by atoms with Gasteiger partial charge in [-0.3, -0.25) is 0 Å². The minimum absolute atomic E-state index is 0.222. The molecule has 0 saturated heterocycles. The van der Waals surface area contributed by atoms with Gasteiger partial charge in [-0.15, -0.1) is 10.2 Å². The average molecular weight is 373 g/mol. The van der Waals surface area contributed by atoms with Gasteiger partial charge in [-0.1, -0.05) is 12.1 Å². The van der Waals surface area contributed by atoms with Crippen molar-refractivity contribution in [1.82, 2.24) is 15.1 Å². The number of para-hydroxylation sites is 1. The molecule has 0 unspecified atom stereocenters. The topological polar surface area (TPSA) is 71.6 Å². The van der Waals surface area contributed by atoms with E-state index in [-0.39, 0.29) is 18.9 Å². The number of nitrogens with zero attached hydrogens (tertiary/aromatic N) is 3. The van der Waals surface area contributed by atoms with E-state index in [1.54, 1.807) is 6.92 Å². The number of aliphatic hydroxyl groups is 1. The van der Waals surface area contributed by atoms with E-state index in [1.165, 1.54) is 18.2 Å². The molecule has 0 aliphatic carbocycles. The summed E-state index contributed by atoms with van der Waals surface area (Å²) in [6.07, 6.45) is -4.03. The van der Waals surface area contributed by atoms with Gasteiger partial charge in [-0.05, 0) is 32.1 Å². The Morgan fingerprint density at radius 2 is 2.00 bits per heavy atom. The van der Waals surface area contributed by atoms with Crippen LogP contribution in [0.15, 0.2) is 28.7 Å². The maximum atomic E-state index is 12.9. The monoisotopic (exact) mass is 373 g/mol. The van der Waals surface area contributed by atoms with Crippen LogP contribution in [0.2, 0.25) is 0 Å². The zero-order valence-electron chi connectivity index (χ0n) is 14.7. The van der Waals surface area contributed by atoms with Gasteiger partial charge in [-0.2, -0.15) is 13.2 Å². The fourth-order valence-electron chi connectivity index (χ4n) is 2.46. The molecule has 0 saturated carbocycles. The first-order valence-corrected chi connectivity index (χ1v) is 8.20. The third kappa shape index (κ3) is 6.30. The molecule has 9 heteroatoms. The van der Waals surface area contributed by atoms with Crippen LogP contribution in [0.3, 0.4) is 0 Å². The molecular weight excluding hydrogens is 351 g/mol. The molecule has 26 heavy (non-hydrogen) atoms. The predicted octanol–water partition coefficient (Wildman–Crippen LogP) is 2.70. The Hall–Kier alpha value is -2.13. The molecule has 1 aromatic carbocycles. The largest absolute Gasteiger partial charge is 0.490 e. The smallest absolute Gasteiger partial charge is 0.419 e. The lowest BCUT2D eigenvalue weighted by Gasteiger charge is -2.21. The van der Waals surface area contributed by atoms with Crippen LogP contribution in [-0.4, -0.2) is 53.1 Å². The van der Waals surface area contributed by atoms with E-state index in [0.717, 1.165) is 12.5 Å². The summed E-state index contributed by atoms with van der Waals surface area (Å²) in [7, 11) is 1.81. The number of benzene rings is 1. The molecule has 0 bridgehead atoms. The highest BCUT2D eigenvalue weighted by molar-refractivity contribution is 5.35. The number of halogens is 3. The summed E-state index contributed by atoms with van der Waals surface area (Å²) in [5.41, 5.74) is -0.851. The van der Waals surface area contributed by atoms with Crippen molar-refractivity contribution in [1.29, 1.82) is 0 Å². The van der Waals surface area contributed by atoms with Gasteiger partial charge >= 0.3 is 6.18 Å². The van der Waals surface area contributed by atoms with Crippen LogP contribution >= 0.6 is 0 Å². The van der Waals surface area contributed by atoms with Crippen molar-refractivity contribution in [2.45, 2.75) is 32.0 Å². The first-order valence-electron chi connectivity index (χ1n) is 8.20. The predicted molar refractivity (Wildman–Crippen MR) is 87.8 cm³/mol. The van der Waals surface area contributed by atoms with Crippen molar-refractivity contribution >= 4 is 0 Å². The Labute approximate surface area is 149 Å². The summed E-state index contributed by atoms with van der Waals surface area (Å²) in [4.78, 5) is 1.87. The second-order valence-corrected chi connectivity index (χ2v) is 6.04. The highest BCUT2D eigenvalue weighted by Gasteiger charge is 2.34. The normalized spacial score (nSPS) is 13.2. The number of rotatable bonds is 9. The molecule has 0 radical (unpaired) electrons. The molecule has 0 spiro atoms. The molecule has 0 aliphatic rings. The fourth-order valence-corrected chi connectivity index (χ4v) is 2.46. The molecule has 1 atom stereocenters. The lowest BCUT2D eigenvalue weighted by molar-refractivity contribution is -0.139. The summed E-state index contributed by atoms with van der Waals surface area (Å²) in [6, 6.07) is 4.95. The van der Waals surface area contributed by atoms with Crippen LogP contribution < -0.4 is 4.74 Å². The number of aromatic nitrogens is 2. The molecule has 144 valence electrons. The number of ether oxygens (including phenoxy) is 1. The Bertz CT molecular complexity index is 691. The average Bonchev–Trinajstić information content (AvgIpc) is 2.97. The molecule has 1 aromatic heterocycles. The first-order chi connectivity index (χ1) is 12.3. The summed E-state index contributed by atoms with van der Waals surface area (Å²) in [5.74, 6) is 0.789. The van der Waals surface area contributed by atoms with Gasteiger partial charge < -0.3 is 19.2 Å². The van der Waals surface area contributed by atoms with Gasteiger partial charge in [0, 0.05) is 19.9 Å². The van der Waals surface area contributed by atoms with Crippen molar-refractivity contribution in [2.75, 3.05) is 26.7 Å². The van der Waals surface area contributed by atoms with Crippen LogP contribution in [0.5, 0.6) is 5.75 Å². The standard InChI is InChI=1S/C17H22F3N3O3/c1-12-21-22-16(26-12)8-5-9-23(2)10-13(24)11-25-15-7-4-3-6-14(15)17(18,19)20/h3-4,6-7,13,24H,5,8-11H2,1-2H3/t13-/m1/s1. The van der Waals surface area contributed by atoms with Crippen LogP contribution in [0.1, 0.15) is 23.8 Å². The molecule has 2 aromatic rings. The molecule has 1 heterocycles. The number of aryl methyl sites for hydroxylation is 2. The van der Waals surface area contributed by atoms with Crippen molar-refractivity contribution in [3.05, 3.63) is 41.6 Å². The molecule has 0 aliphatic heterocycles. The van der Waals surface area contributed by atoms with Gasteiger partial charge in [0.15, 0.2) is 0 Å². The Morgan fingerprint density at radius 3 is 2.65 bits per heavy atom. The Kier molecular flexibility index (Phi) is 6.98. The lowest BCUT2D eigenvalue weighted by Crippen LogP contribution is -2.34. The van der Waals surface area contributed by atoms with Gasteiger partial charge in [0.1, 0.15) is 18.5 Å². The number of likely N-dealkylation sites (N-methyl/N-ethyl adjacent to an activating group) is 1. The zero-order chi connectivity index (χ0) is 19.2. The van der Waals surface area contributed by atoms with Gasteiger partial charge in [-0.25, -0.2) is 0 Å². The number of hydrogen-bond donors (Lipinski definition) is 1. The van der Waals surface area contributed by atoms with Crippen molar-refractivity contribution in [3.63, 3.8) is 0 Å². The van der Waals surface area contributed by atoms with Crippen molar-refractivity contribution in [3.8, 4) is 5.75 Å². The summed E-state index contributed by atoms with van der Waals surface area (Å²) < 4.78 is 49.1. The third-order valence-corrected chi connectivity index (χ3v) is 3.64. The van der Waals surface area contributed by atoms with E-state index < -0.39 is 17.8 Å². The quantitative estimate of drug-likeness (QED) is 0.729. The number of hydrogen-bond acceptors (Lipinski definition) is 6. The summed E-state index contributed by atoms with van der Waals surface area (Å²) in [5, 5.41) is 17.6. The first kappa shape index (κ1) is 20.2. The van der Waals surface area contributed by atoms with Gasteiger partial charge in [0.25, 0.3) is 0 Å². The van der Waals surface area contributed by atoms with Crippen molar-refractivity contribution < 1.29 is 27.4 Å². The molecule has 2 rings (SSSR count). The third-order valence-electron chi connectivity index (χ3n) is 3.64. The van der Waals surface area contributed by atoms with Gasteiger partial charge in [0.2, 0.25) is 11.8 Å². The minimum Gasteiger partial charge on any atom is -0.490 e. The number of aliphatic hydroxyl groups excluding tert-OH is 1. The summed E-state index contributed by atoms with van der Waals surface area (Å²) >= 11 is 0. The van der Waals surface area contributed by atoms with Crippen LogP contribution in [-0.2, 0) is 12.6 Å². The number of alkyl halides is 3. The molecule has 1 N–H and O–H groups in total. The van der Waals surface area contributed by atoms with Crippen LogP contribution in [0.4, 0.5) is 13.2 Å². The SMILES string of the molecule is Cc1nnc(CCCN(C)C[C@@H](O)COc2ccccc2C(F)(F)F)o1. The van der Waals surface area contributed by atoms with Gasteiger partial charge in [0.05, 0.1) is 5.56 Å². The van der Waals surface area contributed by atoms with E-state index in [9.17, 15) is 18.3 Å². The molecule has 0 amide bonds. The van der Waals surface area contributed by atoms with Crippen LogP contribution in [0, 0.1) is 6.92 Å². The van der Waals surface area contributed by atoms with E-state index in [2.05, 4.69) is 10.2 Å². The van der Waals surface area contributed by atoms with E-state index in [0.29, 0.717) is 24.7 Å². The Morgan fingerprint density at radius 1 is 1.27 bits per heavy atom. The van der Waals surface area contributed by atoms with Crippen LogP contribution in [0.25, 0.3) is 0 Å². The second kappa shape index (κ2) is 9.00. The maximum Gasteiger partial charge on any atom is 0.419 e. The molecule has 6 nitrogen and oxygen atoms in total. The highest BCUT2D eigenvalue weighted by atomic mass is 19.4. The fraction of sp³-hybridized carbons (Fsp3) is 0.529. The highest BCUT2D eigenvalue weighted by Crippen LogP contribution is 2.35. The minimum atomic E-state index is -4.49. The Balaban J connectivity index is 1.74. The second-order valence-electron chi connectivity index (χ2n) is 6.04.